The molecule has 2 aliphatic rings. The maximum absolute atomic E-state index is 5.66. The minimum atomic E-state index is 0.338. The Balaban J connectivity index is 1.86. The zero-order valence-electron chi connectivity index (χ0n) is 7.78. The van der Waals surface area contributed by atoms with Gasteiger partial charge in [0.15, 0.2) is 0 Å². The second-order valence-electron chi connectivity index (χ2n) is 4.18. The molecule has 0 spiro atoms. The molecule has 4 heteroatoms. The number of hydrogen-bond donors (Lipinski definition) is 1. The van der Waals surface area contributed by atoms with Crippen LogP contribution in [0.3, 0.4) is 0 Å². The SMILES string of the molecule is Clc1ncc(C2CC3CCC2N3)cn1. The normalized spacial score (nSPS) is 35.1. The van der Waals surface area contributed by atoms with Crippen LogP contribution in [0.15, 0.2) is 12.4 Å². The summed E-state index contributed by atoms with van der Waals surface area (Å²) in [5.74, 6) is 0.603. The summed E-state index contributed by atoms with van der Waals surface area (Å²) in [6, 6.07) is 1.37. The summed E-state index contributed by atoms with van der Waals surface area (Å²) in [5.41, 5.74) is 1.23. The van der Waals surface area contributed by atoms with Crippen LogP contribution in [0.4, 0.5) is 0 Å². The summed E-state index contributed by atoms with van der Waals surface area (Å²) in [7, 11) is 0. The van der Waals surface area contributed by atoms with Crippen molar-refractivity contribution < 1.29 is 0 Å². The Morgan fingerprint density at radius 2 is 2.07 bits per heavy atom. The van der Waals surface area contributed by atoms with Gasteiger partial charge in [0, 0.05) is 30.4 Å². The van der Waals surface area contributed by atoms with Crippen LogP contribution >= 0.6 is 11.6 Å². The van der Waals surface area contributed by atoms with Crippen molar-refractivity contribution in [3.05, 3.63) is 23.2 Å². The van der Waals surface area contributed by atoms with Gasteiger partial charge in [-0.15, -0.1) is 0 Å². The first-order chi connectivity index (χ1) is 6.83. The van der Waals surface area contributed by atoms with E-state index >= 15 is 0 Å². The monoisotopic (exact) mass is 209 g/mol. The standard InChI is InChI=1S/C10H12ClN3/c11-10-12-4-6(5-13-10)8-3-7-1-2-9(8)14-7/h4-5,7-9,14H,1-3H2. The molecule has 3 nitrogen and oxygen atoms in total. The Hall–Kier alpha value is -0.670. The van der Waals surface area contributed by atoms with Gasteiger partial charge in [-0.25, -0.2) is 9.97 Å². The van der Waals surface area contributed by atoms with Crippen molar-refractivity contribution >= 4 is 11.6 Å². The molecule has 0 saturated carbocycles. The average molecular weight is 210 g/mol. The van der Waals surface area contributed by atoms with Gasteiger partial charge in [-0.3, -0.25) is 0 Å². The van der Waals surface area contributed by atoms with Crippen molar-refractivity contribution in [2.75, 3.05) is 0 Å². The number of nitrogens with one attached hydrogen (secondary N) is 1. The van der Waals surface area contributed by atoms with E-state index in [0.29, 0.717) is 17.2 Å². The topological polar surface area (TPSA) is 37.8 Å². The van der Waals surface area contributed by atoms with Gasteiger partial charge in [0.05, 0.1) is 0 Å². The van der Waals surface area contributed by atoms with Gasteiger partial charge in [-0.05, 0) is 36.4 Å². The highest BCUT2D eigenvalue weighted by molar-refractivity contribution is 6.28. The Kier molecular flexibility index (Phi) is 1.96. The molecule has 14 heavy (non-hydrogen) atoms. The molecule has 3 atom stereocenters. The molecule has 3 rings (SSSR count). The first-order valence-electron chi connectivity index (χ1n) is 5.06. The molecule has 74 valence electrons. The van der Waals surface area contributed by atoms with E-state index in [-0.39, 0.29) is 0 Å². The average Bonchev–Trinajstić information content (AvgIpc) is 2.80. The highest BCUT2D eigenvalue weighted by atomic mass is 35.5. The van der Waals surface area contributed by atoms with E-state index in [4.69, 9.17) is 11.6 Å². The molecular formula is C10H12ClN3. The number of nitrogens with zero attached hydrogens (tertiary/aromatic N) is 2. The van der Waals surface area contributed by atoms with E-state index in [2.05, 4.69) is 15.3 Å². The van der Waals surface area contributed by atoms with Crippen molar-refractivity contribution in [3.8, 4) is 0 Å². The third-order valence-electron chi connectivity index (χ3n) is 3.37. The summed E-state index contributed by atoms with van der Waals surface area (Å²) in [4.78, 5) is 8.07. The minimum Gasteiger partial charge on any atom is -0.311 e. The second kappa shape index (κ2) is 3.17. The number of rotatable bonds is 1. The molecule has 1 aromatic rings. The fourth-order valence-electron chi connectivity index (χ4n) is 2.71. The largest absolute Gasteiger partial charge is 0.311 e. The third-order valence-corrected chi connectivity index (χ3v) is 3.56. The lowest BCUT2D eigenvalue weighted by Gasteiger charge is -2.19. The number of hydrogen-bond acceptors (Lipinski definition) is 3. The van der Waals surface area contributed by atoms with E-state index in [1.807, 2.05) is 12.4 Å². The lowest BCUT2D eigenvalue weighted by molar-refractivity contribution is 0.504. The van der Waals surface area contributed by atoms with Crippen LogP contribution in [0.5, 0.6) is 0 Å². The van der Waals surface area contributed by atoms with Crippen LogP contribution < -0.4 is 5.32 Å². The van der Waals surface area contributed by atoms with Crippen molar-refractivity contribution in [2.24, 2.45) is 0 Å². The smallest absolute Gasteiger partial charge is 0.222 e. The Morgan fingerprint density at radius 1 is 1.29 bits per heavy atom. The molecule has 3 heterocycles. The van der Waals surface area contributed by atoms with Crippen LogP contribution in [0.1, 0.15) is 30.7 Å². The summed E-state index contributed by atoms with van der Waals surface area (Å²) >= 11 is 5.66. The van der Waals surface area contributed by atoms with Gasteiger partial charge in [0.1, 0.15) is 0 Å². The predicted molar refractivity (Wildman–Crippen MR) is 54.3 cm³/mol. The number of aromatic nitrogens is 2. The number of fused-ring (bicyclic) bond motifs is 2. The molecule has 1 N–H and O–H groups in total. The highest BCUT2D eigenvalue weighted by Crippen LogP contribution is 2.39. The molecule has 2 fully saturated rings. The van der Waals surface area contributed by atoms with E-state index in [1.54, 1.807) is 0 Å². The molecule has 0 aromatic carbocycles. The lowest BCUT2D eigenvalue weighted by atomic mass is 9.85. The molecule has 0 radical (unpaired) electrons. The van der Waals surface area contributed by atoms with Crippen molar-refractivity contribution in [1.82, 2.24) is 15.3 Å². The molecule has 2 bridgehead atoms. The van der Waals surface area contributed by atoms with Gasteiger partial charge < -0.3 is 5.32 Å². The van der Waals surface area contributed by atoms with Crippen LogP contribution in [-0.4, -0.2) is 22.1 Å². The first-order valence-corrected chi connectivity index (χ1v) is 5.44. The molecule has 2 aliphatic heterocycles. The van der Waals surface area contributed by atoms with Crippen LogP contribution in [0, 0.1) is 0 Å². The fourth-order valence-corrected chi connectivity index (χ4v) is 2.80. The van der Waals surface area contributed by atoms with Gasteiger partial charge >= 0.3 is 0 Å². The van der Waals surface area contributed by atoms with Gasteiger partial charge in [-0.1, -0.05) is 0 Å². The summed E-state index contributed by atoms with van der Waals surface area (Å²) < 4.78 is 0. The zero-order valence-corrected chi connectivity index (χ0v) is 8.54. The first kappa shape index (κ1) is 8.62. The van der Waals surface area contributed by atoms with Crippen molar-refractivity contribution in [2.45, 2.75) is 37.3 Å². The minimum absolute atomic E-state index is 0.338. The van der Waals surface area contributed by atoms with Gasteiger partial charge in [0.2, 0.25) is 5.28 Å². The van der Waals surface area contributed by atoms with Crippen LogP contribution in [-0.2, 0) is 0 Å². The Bertz CT molecular complexity index is 338. The van der Waals surface area contributed by atoms with Crippen molar-refractivity contribution in [1.29, 1.82) is 0 Å². The lowest BCUT2D eigenvalue weighted by Crippen LogP contribution is -2.21. The van der Waals surface area contributed by atoms with E-state index in [0.717, 1.165) is 6.04 Å². The summed E-state index contributed by atoms with van der Waals surface area (Å²) in [6.07, 6.45) is 7.58. The quantitative estimate of drug-likeness (QED) is 0.716. The van der Waals surface area contributed by atoms with E-state index in [1.165, 1.54) is 24.8 Å². The zero-order chi connectivity index (χ0) is 9.54. The van der Waals surface area contributed by atoms with Gasteiger partial charge in [0.25, 0.3) is 0 Å². The molecule has 0 amide bonds. The molecular weight excluding hydrogens is 198 g/mol. The maximum Gasteiger partial charge on any atom is 0.222 e. The maximum atomic E-state index is 5.66. The van der Waals surface area contributed by atoms with Crippen LogP contribution in [0.2, 0.25) is 5.28 Å². The Morgan fingerprint density at radius 3 is 2.64 bits per heavy atom. The fraction of sp³-hybridized carbons (Fsp3) is 0.600. The molecule has 1 aromatic heterocycles. The van der Waals surface area contributed by atoms with Gasteiger partial charge in [-0.2, -0.15) is 0 Å². The van der Waals surface area contributed by atoms with Crippen LogP contribution in [0.25, 0.3) is 0 Å². The Labute approximate surface area is 87.9 Å². The van der Waals surface area contributed by atoms with E-state index < -0.39 is 0 Å². The summed E-state index contributed by atoms with van der Waals surface area (Å²) in [6.45, 7) is 0. The highest BCUT2D eigenvalue weighted by Gasteiger charge is 2.39. The third kappa shape index (κ3) is 1.31. The molecule has 2 saturated heterocycles. The van der Waals surface area contributed by atoms with E-state index in [9.17, 15) is 0 Å². The molecule has 0 aliphatic carbocycles. The number of halogens is 1. The predicted octanol–water partition coefficient (Wildman–Crippen LogP) is 1.74. The summed E-state index contributed by atoms with van der Waals surface area (Å²) in [5, 5.41) is 3.94. The second-order valence-corrected chi connectivity index (χ2v) is 4.51. The van der Waals surface area contributed by atoms with Crippen molar-refractivity contribution in [3.63, 3.8) is 0 Å². The molecule has 3 unspecified atom stereocenters.